The molecule has 0 aromatic heterocycles. The number of nitrogens with one attached hydrogen (secondary N) is 1. The van der Waals surface area contributed by atoms with Gasteiger partial charge in [-0.1, -0.05) is 18.2 Å². The van der Waals surface area contributed by atoms with E-state index in [0.717, 1.165) is 11.8 Å². The van der Waals surface area contributed by atoms with Crippen LogP contribution in [0.25, 0.3) is 0 Å². The molecule has 0 fully saturated rings. The number of amides is 1. The van der Waals surface area contributed by atoms with Gasteiger partial charge < -0.3 is 5.32 Å². The summed E-state index contributed by atoms with van der Waals surface area (Å²) >= 11 is 1.16. The summed E-state index contributed by atoms with van der Waals surface area (Å²) in [5, 5.41) is 11.1. The van der Waals surface area contributed by atoms with Crippen molar-refractivity contribution < 1.29 is 9.18 Å². The summed E-state index contributed by atoms with van der Waals surface area (Å²) in [6.45, 7) is 1.71. The first-order valence-electron chi connectivity index (χ1n) is 6.32. The van der Waals surface area contributed by atoms with Crippen molar-refractivity contribution in [3.05, 3.63) is 59.9 Å². The van der Waals surface area contributed by atoms with Crippen LogP contribution in [0.4, 0.5) is 10.1 Å². The Labute approximate surface area is 126 Å². The fourth-order valence-electron chi connectivity index (χ4n) is 1.69. The summed E-state index contributed by atoms with van der Waals surface area (Å²) in [7, 11) is 0. The number of benzene rings is 2. The van der Waals surface area contributed by atoms with Crippen molar-refractivity contribution in [3.63, 3.8) is 0 Å². The summed E-state index contributed by atoms with van der Waals surface area (Å²) in [6.07, 6.45) is 0. The fourth-order valence-corrected chi connectivity index (χ4v) is 2.58. The molecule has 21 heavy (non-hydrogen) atoms. The van der Waals surface area contributed by atoms with E-state index in [2.05, 4.69) is 5.32 Å². The maximum atomic E-state index is 13.6. The number of halogens is 1. The van der Waals surface area contributed by atoms with Crippen molar-refractivity contribution in [3.8, 4) is 6.07 Å². The number of nitriles is 1. The van der Waals surface area contributed by atoms with Gasteiger partial charge in [0.2, 0.25) is 5.91 Å². The third-order valence-electron chi connectivity index (χ3n) is 2.77. The number of thioether (sulfide) groups is 1. The van der Waals surface area contributed by atoms with Crippen molar-refractivity contribution in [1.29, 1.82) is 5.26 Å². The monoisotopic (exact) mass is 300 g/mol. The largest absolute Gasteiger partial charge is 0.325 e. The van der Waals surface area contributed by atoms with Gasteiger partial charge in [0.1, 0.15) is 5.82 Å². The molecule has 0 saturated carbocycles. The summed E-state index contributed by atoms with van der Waals surface area (Å²) in [4.78, 5) is 12.5. The van der Waals surface area contributed by atoms with Gasteiger partial charge in [-0.25, -0.2) is 4.39 Å². The van der Waals surface area contributed by atoms with E-state index in [-0.39, 0.29) is 11.7 Å². The molecule has 0 aliphatic heterocycles. The molecule has 0 heterocycles. The van der Waals surface area contributed by atoms with Crippen LogP contribution in [0.3, 0.4) is 0 Å². The van der Waals surface area contributed by atoms with Crippen LogP contribution in [-0.2, 0) is 4.79 Å². The van der Waals surface area contributed by atoms with Crippen LogP contribution >= 0.6 is 11.8 Å². The number of carbonyl (C=O) groups excluding carboxylic acids is 1. The summed E-state index contributed by atoms with van der Waals surface area (Å²) in [5.41, 5.74) is 1.03. The highest BCUT2D eigenvalue weighted by Crippen LogP contribution is 2.26. The van der Waals surface area contributed by atoms with Crippen LogP contribution in [-0.4, -0.2) is 11.2 Å². The second-order valence-electron chi connectivity index (χ2n) is 4.37. The molecule has 106 valence electrons. The van der Waals surface area contributed by atoms with Crippen LogP contribution in [0, 0.1) is 17.1 Å². The number of hydrogen-bond acceptors (Lipinski definition) is 3. The van der Waals surface area contributed by atoms with E-state index in [1.807, 2.05) is 6.07 Å². The molecule has 2 aromatic carbocycles. The third-order valence-corrected chi connectivity index (χ3v) is 3.92. The average Bonchev–Trinajstić information content (AvgIpc) is 2.49. The van der Waals surface area contributed by atoms with Crippen LogP contribution in [0.5, 0.6) is 0 Å². The van der Waals surface area contributed by atoms with E-state index in [0.29, 0.717) is 16.1 Å². The Morgan fingerprint density at radius 2 is 2.05 bits per heavy atom. The molecule has 0 radical (unpaired) electrons. The Balaban J connectivity index is 2.03. The lowest BCUT2D eigenvalue weighted by Gasteiger charge is -2.12. The molecule has 2 rings (SSSR count). The van der Waals surface area contributed by atoms with Crippen molar-refractivity contribution in [2.45, 2.75) is 17.1 Å². The smallest absolute Gasteiger partial charge is 0.237 e. The maximum Gasteiger partial charge on any atom is 0.237 e. The van der Waals surface area contributed by atoms with E-state index in [9.17, 15) is 9.18 Å². The van der Waals surface area contributed by atoms with Gasteiger partial charge >= 0.3 is 0 Å². The van der Waals surface area contributed by atoms with Gasteiger partial charge in [-0.3, -0.25) is 4.79 Å². The van der Waals surface area contributed by atoms with E-state index < -0.39 is 5.25 Å². The Morgan fingerprint density at radius 1 is 1.29 bits per heavy atom. The van der Waals surface area contributed by atoms with Crippen molar-refractivity contribution in [2.24, 2.45) is 0 Å². The first-order chi connectivity index (χ1) is 10.1. The molecule has 3 nitrogen and oxygen atoms in total. The van der Waals surface area contributed by atoms with Gasteiger partial charge in [-0.2, -0.15) is 5.26 Å². The molecule has 1 atom stereocenters. The lowest BCUT2D eigenvalue weighted by molar-refractivity contribution is -0.115. The standard InChI is InChI=1S/C16H13FN2OS/c1-11(21-15-8-3-2-7-14(15)17)16(20)19-13-6-4-5-12(9-13)10-18/h2-9,11H,1H3,(H,19,20)/t11-/m1/s1. The summed E-state index contributed by atoms with van der Waals surface area (Å²) in [6, 6.07) is 15.0. The molecule has 0 saturated heterocycles. The summed E-state index contributed by atoms with van der Waals surface area (Å²) < 4.78 is 13.6. The van der Waals surface area contributed by atoms with Gasteiger partial charge in [-0.05, 0) is 37.3 Å². The van der Waals surface area contributed by atoms with E-state index in [1.54, 1.807) is 49.4 Å². The van der Waals surface area contributed by atoms with Gasteiger partial charge in [0.15, 0.2) is 0 Å². The summed E-state index contributed by atoms with van der Waals surface area (Å²) in [5.74, 6) is -0.577. The first-order valence-corrected chi connectivity index (χ1v) is 7.20. The predicted octanol–water partition coefficient (Wildman–Crippen LogP) is 3.82. The van der Waals surface area contributed by atoms with Crippen molar-refractivity contribution in [1.82, 2.24) is 0 Å². The molecule has 0 unspecified atom stereocenters. The van der Waals surface area contributed by atoms with Crippen molar-refractivity contribution >= 4 is 23.4 Å². The molecule has 1 amide bonds. The number of nitrogens with zero attached hydrogens (tertiary/aromatic N) is 1. The third kappa shape index (κ3) is 4.07. The van der Waals surface area contributed by atoms with Gasteiger partial charge in [0.05, 0.1) is 16.9 Å². The molecule has 0 aliphatic rings. The molecule has 0 spiro atoms. The van der Waals surface area contributed by atoms with Crippen LogP contribution in [0.15, 0.2) is 53.4 Å². The quantitative estimate of drug-likeness (QED) is 0.873. The molecular weight excluding hydrogens is 287 g/mol. The maximum absolute atomic E-state index is 13.6. The lowest BCUT2D eigenvalue weighted by atomic mass is 10.2. The van der Waals surface area contributed by atoms with Crippen LogP contribution < -0.4 is 5.32 Å². The fraction of sp³-hybridized carbons (Fsp3) is 0.125. The minimum Gasteiger partial charge on any atom is -0.325 e. The molecule has 0 aliphatic carbocycles. The highest BCUT2D eigenvalue weighted by atomic mass is 32.2. The number of carbonyl (C=O) groups is 1. The zero-order valence-electron chi connectivity index (χ0n) is 11.3. The van der Waals surface area contributed by atoms with E-state index in [1.165, 1.54) is 6.07 Å². The number of anilines is 1. The SMILES string of the molecule is C[C@@H](Sc1ccccc1F)C(=O)Nc1cccc(C#N)c1. The first kappa shape index (κ1) is 15.1. The molecular formula is C16H13FN2OS. The van der Waals surface area contributed by atoms with Gasteiger partial charge in [-0.15, -0.1) is 11.8 Å². The number of hydrogen-bond donors (Lipinski definition) is 1. The molecule has 0 bridgehead atoms. The Bertz CT molecular complexity index is 697. The molecule has 1 N–H and O–H groups in total. The van der Waals surface area contributed by atoms with Crippen LogP contribution in [0.1, 0.15) is 12.5 Å². The zero-order chi connectivity index (χ0) is 15.2. The topological polar surface area (TPSA) is 52.9 Å². The lowest BCUT2D eigenvalue weighted by Crippen LogP contribution is -2.22. The second-order valence-corrected chi connectivity index (χ2v) is 5.75. The highest BCUT2D eigenvalue weighted by Gasteiger charge is 2.16. The minimum atomic E-state index is -0.451. The van der Waals surface area contributed by atoms with Crippen molar-refractivity contribution in [2.75, 3.05) is 5.32 Å². The molecule has 2 aromatic rings. The Morgan fingerprint density at radius 3 is 2.76 bits per heavy atom. The van der Waals surface area contributed by atoms with E-state index >= 15 is 0 Å². The number of rotatable bonds is 4. The second kappa shape index (κ2) is 6.91. The minimum absolute atomic E-state index is 0.238. The Kier molecular flexibility index (Phi) is 4.96. The van der Waals surface area contributed by atoms with Crippen LogP contribution in [0.2, 0.25) is 0 Å². The predicted molar refractivity (Wildman–Crippen MR) is 81.5 cm³/mol. The average molecular weight is 300 g/mol. The highest BCUT2D eigenvalue weighted by molar-refractivity contribution is 8.00. The van der Waals surface area contributed by atoms with Gasteiger partial charge in [0.25, 0.3) is 0 Å². The normalized spacial score (nSPS) is 11.5. The zero-order valence-corrected chi connectivity index (χ0v) is 12.2. The molecule has 5 heteroatoms. The Hall–Kier alpha value is -2.32. The van der Waals surface area contributed by atoms with Gasteiger partial charge in [0, 0.05) is 10.6 Å². The van der Waals surface area contributed by atoms with E-state index in [4.69, 9.17) is 5.26 Å².